The normalized spacial score (nSPS) is 9.93. The molecule has 0 bridgehead atoms. The van der Waals surface area contributed by atoms with Crippen molar-refractivity contribution >= 4 is 23.3 Å². The third-order valence-corrected chi connectivity index (χ3v) is 3.93. The summed E-state index contributed by atoms with van der Waals surface area (Å²) in [6.07, 6.45) is 1.41. The van der Waals surface area contributed by atoms with E-state index in [1.54, 1.807) is 44.1 Å². The monoisotopic (exact) mass is 399 g/mol. The highest BCUT2D eigenvalue weighted by Crippen LogP contribution is 2.35. The van der Waals surface area contributed by atoms with E-state index in [1.165, 1.54) is 13.3 Å². The Morgan fingerprint density at radius 2 is 1.41 bits per heavy atom. The van der Waals surface area contributed by atoms with Gasteiger partial charge < -0.3 is 23.8 Å². The van der Waals surface area contributed by atoms with Crippen LogP contribution in [-0.4, -0.2) is 39.4 Å². The van der Waals surface area contributed by atoms with E-state index in [2.05, 4.69) is 0 Å². The average Bonchev–Trinajstić information content (AvgIpc) is 2.74. The van der Waals surface area contributed by atoms with Crippen molar-refractivity contribution in [1.82, 2.24) is 0 Å². The molecule has 0 aliphatic heterocycles. The Labute approximate surface area is 170 Å². The molecule has 0 spiro atoms. The molecular weight excluding hydrogens is 374 g/mol. The smallest absolute Gasteiger partial charge is 0.347 e. The Hall–Kier alpha value is -3.48. The summed E-state index contributed by atoms with van der Waals surface area (Å²) in [4.78, 5) is 26.5. The van der Waals surface area contributed by atoms with E-state index in [-0.39, 0.29) is 18.8 Å². The summed E-state index contributed by atoms with van der Waals surface area (Å²) in [6, 6.07) is 14.6. The highest BCUT2D eigenvalue weighted by Gasteiger charge is 2.24. The summed E-state index contributed by atoms with van der Waals surface area (Å²) < 4.78 is 20.8. The second-order valence-electron chi connectivity index (χ2n) is 5.73. The van der Waals surface area contributed by atoms with E-state index in [0.29, 0.717) is 17.2 Å². The number of benzene rings is 2. The third-order valence-electron chi connectivity index (χ3n) is 3.93. The van der Waals surface area contributed by atoms with Gasteiger partial charge in [-0.3, -0.25) is 0 Å². The fourth-order valence-corrected chi connectivity index (χ4v) is 2.60. The van der Waals surface area contributed by atoms with Crippen molar-refractivity contribution < 1.29 is 28.5 Å². The van der Waals surface area contributed by atoms with Gasteiger partial charge in [0.25, 0.3) is 0 Å². The molecule has 0 saturated carbocycles. The number of carbonyl (C=O) groups is 2. The molecule has 0 radical (unpaired) electrons. The van der Waals surface area contributed by atoms with E-state index in [9.17, 15) is 9.59 Å². The van der Waals surface area contributed by atoms with Crippen LogP contribution in [0.5, 0.6) is 11.5 Å². The Bertz CT molecular complexity index is 843. The minimum Gasteiger partial charge on any atom is -0.493 e. The summed E-state index contributed by atoms with van der Waals surface area (Å²) in [5.74, 6) is -0.447. The van der Waals surface area contributed by atoms with Gasteiger partial charge in [0, 0.05) is 23.6 Å². The van der Waals surface area contributed by atoms with Gasteiger partial charge in [-0.25, -0.2) is 9.59 Å². The molecule has 7 nitrogen and oxygen atoms in total. The van der Waals surface area contributed by atoms with Gasteiger partial charge in [-0.15, -0.1) is 0 Å². The quantitative estimate of drug-likeness (QED) is 0.274. The maximum atomic E-state index is 12.4. The highest BCUT2D eigenvalue weighted by atomic mass is 16.6. The van der Waals surface area contributed by atoms with E-state index in [0.717, 1.165) is 5.69 Å². The van der Waals surface area contributed by atoms with Crippen molar-refractivity contribution in [2.45, 2.75) is 13.8 Å². The number of ether oxygens (including phenoxy) is 4. The van der Waals surface area contributed by atoms with Gasteiger partial charge >= 0.3 is 11.9 Å². The average molecular weight is 399 g/mol. The summed E-state index contributed by atoms with van der Waals surface area (Å²) in [5, 5.41) is 0. The van der Waals surface area contributed by atoms with Crippen LogP contribution >= 0.6 is 0 Å². The van der Waals surface area contributed by atoms with Crippen molar-refractivity contribution in [3.05, 3.63) is 60.3 Å². The van der Waals surface area contributed by atoms with Crippen LogP contribution in [0.4, 0.5) is 11.4 Å². The zero-order chi connectivity index (χ0) is 21.2. The number of anilines is 2. The largest absolute Gasteiger partial charge is 0.493 e. The lowest BCUT2D eigenvalue weighted by Crippen LogP contribution is -2.22. The molecule has 2 rings (SSSR count). The summed E-state index contributed by atoms with van der Waals surface area (Å²) in [6.45, 7) is 3.61. The highest BCUT2D eigenvalue weighted by molar-refractivity contribution is 6.14. The minimum absolute atomic E-state index is 0.136. The molecule has 0 N–H and O–H groups in total. The van der Waals surface area contributed by atoms with E-state index in [4.69, 9.17) is 18.9 Å². The fourth-order valence-electron chi connectivity index (χ4n) is 2.60. The minimum atomic E-state index is -0.757. The predicted octanol–water partition coefficient (Wildman–Crippen LogP) is 3.85. The standard InChI is InChI=1S/C22H25NO6/c1-5-28-21(24)18(22(25)29-6-2)15-23(16-10-8-7-9-11-16)17-12-13-19(26-3)20(14-17)27-4/h7-15H,5-6H2,1-4H3. The molecule has 0 unspecified atom stereocenters. The van der Waals surface area contributed by atoms with Crippen molar-refractivity contribution in [3.8, 4) is 11.5 Å². The van der Waals surface area contributed by atoms with Crippen LogP contribution in [0.15, 0.2) is 60.3 Å². The van der Waals surface area contributed by atoms with Crippen LogP contribution in [0.3, 0.4) is 0 Å². The van der Waals surface area contributed by atoms with Crippen LogP contribution < -0.4 is 14.4 Å². The molecule has 0 amide bonds. The molecule has 0 fully saturated rings. The second-order valence-corrected chi connectivity index (χ2v) is 5.73. The maximum absolute atomic E-state index is 12.4. The molecule has 29 heavy (non-hydrogen) atoms. The first-order chi connectivity index (χ1) is 14.0. The van der Waals surface area contributed by atoms with Gasteiger partial charge in [0.15, 0.2) is 17.1 Å². The number of esters is 2. The van der Waals surface area contributed by atoms with Gasteiger partial charge in [0.1, 0.15) is 0 Å². The molecular formula is C22H25NO6. The van der Waals surface area contributed by atoms with Crippen LogP contribution in [-0.2, 0) is 19.1 Å². The summed E-state index contributed by atoms with van der Waals surface area (Å²) >= 11 is 0. The van der Waals surface area contributed by atoms with Crippen LogP contribution in [0.1, 0.15) is 13.8 Å². The van der Waals surface area contributed by atoms with Gasteiger partial charge in [-0.05, 0) is 38.1 Å². The topological polar surface area (TPSA) is 74.3 Å². The third kappa shape index (κ3) is 5.51. The lowest BCUT2D eigenvalue weighted by atomic mass is 10.2. The first-order valence-corrected chi connectivity index (χ1v) is 9.18. The second kappa shape index (κ2) is 10.8. The number of rotatable bonds is 9. The first-order valence-electron chi connectivity index (χ1n) is 9.18. The molecule has 0 aliphatic carbocycles. The zero-order valence-corrected chi connectivity index (χ0v) is 17.0. The molecule has 0 heterocycles. The van der Waals surface area contributed by atoms with Crippen LogP contribution in [0.25, 0.3) is 0 Å². The molecule has 0 aliphatic rings. The van der Waals surface area contributed by atoms with Crippen molar-refractivity contribution in [3.63, 3.8) is 0 Å². The molecule has 2 aromatic carbocycles. The van der Waals surface area contributed by atoms with Gasteiger partial charge in [0.05, 0.1) is 27.4 Å². The zero-order valence-electron chi connectivity index (χ0n) is 17.0. The van der Waals surface area contributed by atoms with Gasteiger partial charge in [0.2, 0.25) is 0 Å². The molecule has 0 atom stereocenters. The first kappa shape index (κ1) is 21.8. The number of carbonyl (C=O) groups excluding carboxylic acids is 2. The summed E-state index contributed by atoms with van der Waals surface area (Å²) in [7, 11) is 3.08. The molecule has 0 saturated heterocycles. The van der Waals surface area contributed by atoms with E-state index >= 15 is 0 Å². The van der Waals surface area contributed by atoms with E-state index in [1.807, 2.05) is 30.3 Å². The van der Waals surface area contributed by atoms with Crippen molar-refractivity contribution in [2.24, 2.45) is 0 Å². The van der Waals surface area contributed by atoms with E-state index < -0.39 is 11.9 Å². The number of methoxy groups -OCH3 is 2. The number of para-hydroxylation sites is 1. The predicted molar refractivity (Wildman–Crippen MR) is 109 cm³/mol. The Kier molecular flexibility index (Phi) is 8.09. The Morgan fingerprint density at radius 1 is 0.828 bits per heavy atom. The molecule has 7 heteroatoms. The number of hydrogen-bond donors (Lipinski definition) is 0. The Morgan fingerprint density at radius 3 is 1.93 bits per heavy atom. The molecule has 2 aromatic rings. The maximum Gasteiger partial charge on any atom is 0.347 e. The number of hydrogen-bond acceptors (Lipinski definition) is 7. The Balaban J connectivity index is 2.62. The molecule has 154 valence electrons. The fraction of sp³-hybridized carbons (Fsp3) is 0.273. The SMILES string of the molecule is CCOC(=O)C(=CN(c1ccccc1)c1ccc(OC)c(OC)c1)C(=O)OCC. The van der Waals surface area contributed by atoms with Crippen molar-refractivity contribution in [2.75, 3.05) is 32.3 Å². The van der Waals surface area contributed by atoms with Crippen molar-refractivity contribution in [1.29, 1.82) is 0 Å². The summed E-state index contributed by atoms with van der Waals surface area (Å²) in [5.41, 5.74) is 1.16. The lowest BCUT2D eigenvalue weighted by molar-refractivity contribution is -0.146. The van der Waals surface area contributed by atoms with Crippen LogP contribution in [0.2, 0.25) is 0 Å². The number of nitrogens with zero attached hydrogens (tertiary/aromatic N) is 1. The molecule has 0 aromatic heterocycles. The van der Waals surface area contributed by atoms with Gasteiger partial charge in [-0.2, -0.15) is 0 Å². The van der Waals surface area contributed by atoms with Gasteiger partial charge in [-0.1, -0.05) is 18.2 Å². The lowest BCUT2D eigenvalue weighted by Gasteiger charge is -2.23. The van der Waals surface area contributed by atoms with Crippen LogP contribution in [0, 0.1) is 0 Å².